The van der Waals surface area contributed by atoms with Crippen molar-refractivity contribution in [1.82, 2.24) is 15.3 Å². The monoisotopic (exact) mass is 249 g/mol. The zero-order chi connectivity index (χ0) is 12.8. The topological polar surface area (TPSA) is 47.0 Å². The summed E-state index contributed by atoms with van der Waals surface area (Å²) in [4.78, 5) is 9.13. The molecule has 1 saturated carbocycles. The molecule has 1 fully saturated rings. The smallest absolute Gasteiger partial charge is 0.160 e. The average molecular weight is 249 g/mol. The highest BCUT2D eigenvalue weighted by Gasteiger charge is 2.36. The first-order valence-electron chi connectivity index (χ1n) is 6.89. The molecule has 2 rings (SSSR count). The van der Waals surface area contributed by atoms with E-state index in [0.29, 0.717) is 0 Å². The van der Waals surface area contributed by atoms with Gasteiger partial charge >= 0.3 is 0 Å². The molecule has 4 heteroatoms. The van der Waals surface area contributed by atoms with Crippen molar-refractivity contribution >= 4 is 0 Å². The zero-order valence-corrected chi connectivity index (χ0v) is 11.4. The highest BCUT2D eigenvalue weighted by molar-refractivity contribution is 5.09. The quantitative estimate of drug-likeness (QED) is 0.870. The first-order chi connectivity index (χ1) is 8.80. The Morgan fingerprint density at radius 3 is 2.78 bits per heavy atom. The van der Waals surface area contributed by atoms with Crippen LogP contribution < -0.4 is 5.32 Å². The van der Waals surface area contributed by atoms with Crippen LogP contribution in [0.2, 0.25) is 0 Å². The van der Waals surface area contributed by atoms with Crippen LogP contribution in [0.25, 0.3) is 0 Å². The zero-order valence-electron chi connectivity index (χ0n) is 11.4. The Morgan fingerprint density at radius 1 is 1.33 bits per heavy atom. The largest absolute Gasteiger partial charge is 0.370 e. The number of methoxy groups -OCH3 is 1. The molecular weight excluding hydrogens is 226 g/mol. The maximum Gasteiger partial charge on any atom is 0.160 e. The minimum atomic E-state index is -0.250. The molecule has 1 heterocycles. The van der Waals surface area contributed by atoms with E-state index in [1.165, 1.54) is 19.3 Å². The van der Waals surface area contributed by atoms with Crippen molar-refractivity contribution in [2.45, 2.75) is 51.2 Å². The molecule has 4 nitrogen and oxygen atoms in total. The second kappa shape index (κ2) is 6.25. The summed E-state index contributed by atoms with van der Waals surface area (Å²) >= 11 is 0. The van der Waals surface area contributed by atoms with Gasteiger partial charge in [-0.1, -0.05) is 26.2 Å². The van der Waals surface area contributed by atoms with Gasteiger partial charge in [0.25, 0.3) is 0 Å². The molecule has 0 radical (unpaired) electrons. The molecule has 0 aliphatic heterocycles. The standard InChI is InChI=1S/C14H23N3O/c1-3-15-11-12-7-10-16-13(17-12)14(18-2)8-5-4-6-9-14/h7,10,15H,3-6,8-9,11H2,1-2H3. The Bertz CT molecular complexity index is 375. The van der Waals surface area contributed by atoms with Crippen molar-refractivity contribution in [1.29, 1.82) is 0 Å². The van der Waals surface area contributed by atoms with E-state index < -0.39 is 0 Å². The van der Waals surface area contributed by atoms with Crippen molar-refractivity contribution < 1.29 is 4.74 Å². The van der Waals surface area contributed by atoms with Gasteiger partial charge < -0.3 is 10.1 Å². The van der Waals surface area contributed by atoms with Crippen molar-refractivity contribution in [3.63, 3.8) is 0 Å². The fourth-order valence-electron chi connectivity index (χ4n) is 2.61. The van der Waals surface area contributed by atoms with Gasteiger partial charge in [0.2, 0.25) is 0 Å². The molecule has 18 heavy (non-hydrogen) atoms. The lowest BCUT2D eigenvalue weighted by Gasteiger charge is -2.34. The van der Waals surface area contributed by atoms with E-state index in [0.717, 1.165) is 37.4 Å². The molecular formula is C14H23N3O. The highest BCUT2D eigenvalue weighted by Crippen LogP contribution is 2.38. The fourth-order valence-corrected chi connectivity index (χ4v) is 2.61. The predicted molar refractivity (Wildman–Crippen MR) is 71.2 cm³/mol. The molecule has 0 atom stereocenters. The van der Waals surface area contributed by atoms with Crippen molar-refractivity contribution in [2.75, 3.05) is 13.7 Å². The number of nitrogens with one attached hydrogen (secondary N) is 1. The lowest BCUT2D eigenvalue weighted by Crippen LogP contribution is -2.33. The summed E-state index contributed by atoms with van der Waals surface area (Å²) in [6.07, 6.45) is 7.62. The SMILES string of the molecule is CCNCc1ccnc(C2(OC)CCCCC2)n1. The van der Waals surface area contributed by atoms with Crippen LogP contribution in [0.3, 0.4) is 0 Å². The van der Waals surface area contributed by atoms with Gasteiger partial charge in [-0.2, -0.15) is 0 Å². The fraction of sp³-hybridized carbons (Fsp3) is 0.714. The van der Waals surface area contributed by atoms with Crippen LogP contribution in [0.15, 0.2) is 12.3 Å². The second-order valence-corrected chi connectivity index (χ2v) is 4.91. The molecule has 0 amide bonds. The molecule has 1 aromatic heterocycles. The molecule has 1 N–H and O–H groups in total. The molecule has 1 aromatic rings. The number of rotatable bonds is 5. The van der Waals surface area contributed by atoms with Crippen LogP contribution in [-0.4, -0.2) is 23.6 Å². The Labute approximate surface area is 109 Å². The van der Waals surface area contributed by atoms with E-state index in [9.17, 15) is 0 Å². The maximum atomic E-state index is 5.78. The molecule has 1 aliphatic rings. The summed E-state index contributed by atoms with van der Waals surface area (Å²) in [7, 11) is 1.78. The maximum absolute atomic E-state index is 5.78. The van der Waals surface area contributed by atoms with Gasteiger partial charge in [-0.3, -0.25) is 0 Å². The van der Waals surface area contributed by atoms with Crippen LogP contribution in [0, 0.1) is 0 Å². The number of aromatic nitrogens is 2. The third kappa shape index (κ3) is 2.87. The van der Waals surface area contributed by atoms with Crippen LogP contribution in [0.4, 0.5) is 0 Å². The molecule has 0 spiro atoms. The van der Waals surface area contributed by atoms with Crippen LogP contribution in [0.1, 0.15) is 50.5 Å². The van der Waals surface area contributed by atoms with E-state index in [4.69, 9.17) is 4.74 Å². The van der Waals surface area contributed by atoms with E-state index in [1.807, 2.05) is 12.3 Å². The molecule has 0 unspecified atom stereocenters. The number of hydrogen-bond acceptors (Lipinski definition) is 4. The van der Waals surface area contributed by atoms with Crippen LogP contribution in [-0.2, 0) is 16.9 Å². The number of nitrogens with zero attached hydrogens (tertiary/aromatic N) is 2. The lowest BCUT2D eigenvalue weighted by molar-refractivity contribution is -0.0516. The normalized spacial score (nSPS) is 18.8. The van der Waals surface area contributed by atoms with E-state index in [1.54, 1.807) is 7.11 Å². The molecule has 0 bridgehead atoms. The highest BCUT2D eigenvalue weighted by atomic mass is 16.5. The second-order valence-electron chi connectivity index (χ2n) is 4.91. The van der Waals surface area contributed by atoms with Gasteiger partial charge in [-0.25, -0.2) is 9.97 Å². The lowest BCUT2D eigenvalue weighted by atomic mass is 9.84. The van der Waals surface area contributed by atoms with Gasteiger partial charge in [0.05, 0.1) is 5.69 Å². The summed E-state index contributed by atoms with van der Waals surface area (Å²) < 4.78 is 5.78. The van der Waals surface area contributed by atoms with Gasteiger partial charge in [0, 0.05) is 19.9 Å². The van der Waals surface area contributed by atoms with Crippen molar-refractivity contribution in [2.24, 2.45) is 0 Å². The Hall–Kier alpha value is -1.00. The Balaban J connectivity index is 2.19. The number of hydrogen-bond donors (Lipinski definition) is 1. The van der Waals surface area contributed by atoms with Gasteiger partial charge in [-0.05, 0) is 25.5 Å². The van der Waals surface area contributed by atoms with Crippen LogP contribution in [0.5, 0.6) is 0 Å². The minimum Gasteiger partial charge on any atom is -0.370 e. The van der Waals surface area contributed by atoms with Gasteiger partial charge in [0.15, 0.2) is 5.82 Å². The summed E-state index contributed by atoms with van der Waals surface area (Å²) in [5.41, 5.74) is 0.796. The third-order valence-electron chi connectivity index (χ3n) is 3.73. The first kappa shape index (κ1) is 13.4. The summed E-state index contributed by atoms with van der Waals surface area (Å²) in [6, 6.07) is 1.97. The van der Waals surface area contributed by atoms with Crippen molar-refractivity contribution in [3.8, 4) is 0 Å². The summed E-state index contributed by atoms with van der Waals surface area (Å²) in [5, 5.41) is 3.29. The van der Waals surface area contributed by atoms with Crippen LogP contribution >= 0.6 is 0 Å². The van der Waals surface area contributed by atoms with E-state index >= 15 is 0 Å². The third-order valence-corrected chi connectivity index (χ3v) is 3.73. The summed E-state index contributed by atoms with van der Waals surface area (Å²) in [6.45, 7) is 3.85. The average Bonchev–Trinajstić information content (AvgIpc) is 2.46. The molecule has 1 aliphatic carbocycles. The summed E-state index contributed by atoms with van der Waals surface area (Å²) in [5.74, 6) is 0.861. The first-order valence-corrected chi connectivity index (χ1v) is 6.89. The minimum absolute atomic E-state index is 0.250. The van der Waals surface area contributed by atoms with E-state index in [2.05, 4.69) is 22.2 Å². The van der Waals surface area contributed by atoms with Gasteiger partial charge in [-0.15, -0.1) is 0 Å². The van der Waals surface area contributed by atoms with Gasteiger partial charge in [0.1, 0.15) is 5.60 Å². The Kier molecular flexibility index (Phi) is 4.66. The molecule has 100 valence electrons. The molecule has 0 saturated heterocycles. The van der Waals surface area contributed by atoms with Crippen molar-refractivity contribution in [3.05, 3.63) is 23.8 Å². The number of ether oxygens (including phenoxy) is 1. The predicted octanol–water partition coefficient (Wildman–Crippen LogP) is 2.39. The Morgan fingerprint density at radius 2 is 2.11 bits per heavy atom. The van der Waals surface area contributed by atoms with E-state index in [-0.39, 0.29) is 5.60 Å². The molecule has 0 aromatic carbocycles.